The lowest BCUT2D eigenvalue weighted by molar-refractivity contribution is -0.138. The minimum atomic E-state index is -0.829. The summed E-state index contributed by atoms with van der Waals surface area (Å²) in [7, 11) is 0. The van der Waals surface area contributed by atoms with Crippen LogP contribution >= 0.6 is 0 Å². The van der Waals surface area contributed by atoms with Crippen LogP contribution in [0.3, 0.4) is 0 Å². The molecule has 1 atom stereocenters. The van der Waals surface area contributed by atoms with E-state index in [0.717, 1.165) is 5.69 Å². The quantitative estimate of drug-likeness (QED) is 0.648. The summed E-state index contributed by atoms with van der Waals surface area (Å²) >= 11 is 0. The lowest BCUT2D eigenvalue weighted by Crippen LogP contribution is -2.32. The first-order valence-electron chi connectivity index (χ1n) is 4.23. The Morgan fingerprint density at radius 3 is 2.86 bits per heavy atom. The Morgan fingerprint density at radius 1 is 1.57 bits per heavy atom. The van der Waals surface area contributed by atoms with E-state index in [9.17, 15) is 4.79 Å². The Kier molecular flexibility index (Phi) is 2.28. The van der Waals surface area contributed by atoms with Crippen molar-refractivity contribution in [2.24, 2.45) is 0 Å². The van der Waals surface area contributed by atoms with E-state index in [1.54, 1.807) is 12.4 Å². The van der Waals surface area contributed by atoms with Crippen molar-refractivity contribution in [3.63, 3.8) is 0 Å². The van der Waals surface area contributed by atoms with Crippen LogP contribution < -0.4 is 10.2 Å². The van der Waals surface area contributed by atoms with Crippen molar-refractivity contribution < 1.29 is 9.90 Å². The van der Waals surface area contributed by atoms with Gasteiger partial charge in [-0.1, -0.05) is 0 Å². The van der Waals surface area contributed by atoms with Crippen molar-refractivity contribution in [3.05, 3.63) is 18.7 Å². The minimum absolute atomic E-state index is 0.447. The van der Waals surface area contributed by atoms with Crippen molar-refractivity contribution in [2.45, 2.75) is 6.04 Å². The molecule has 2 rings (SSSR count). The van der Waals surface area contributed by atoms with E-state index < -0.39 is 12.0 Å². The maximum Gasteiger partial charge on any atom is 0.322 e. The summed E-state index contributed by atoms with van der Waals surface area (Å²) in [6.45, 7) is 0.965. The standard InChI is InChI=1S/C8H10N4O2/c13-8(14)7-3-12(5-11-7)6-1-9-4-10-2-6/h1-2,4,7,11H,3,5H2,(H,13,14). The molecule has 14 heavy (non-hydrogen) atoms. The molecule has 1 aliphatic heterocycles. The van der Waals surface area contributed by atoms with Crippen molar-refractivity contribution in [2.75, 3.05) is 18.1 Å². The molecule has 0 spiro atoms. The molecule has 2 heterocycles. The lowest BCUT2D eigenvalue weighted by atomic mass is 10.3. The van der Waals surface area contributed by atoms with Crippen LogP contribution in [0.15, 0.2) is 18.7 Å². The average molecular weight is 194 g/mol. The molecule has 0 amide bonds. The van der Waals surface area contributed by atoms with E-state index in [1.165, 1.54) is 6.33 Å². The van der Waals surface area contributed by atoms with E-state index in [4.69, 9.17) is 5.11 Å². The van der Waals surface area contributed by atoms with Gasteiger partial charge in [-0.3, -0.25) is 10.1 Å². The molecule has 2 N–H and O–H groups in total. The van der Waals surface area contributed by atoms with E-state index >= 15 is 0 Å². The molecule has 0 aliphatic carbocycles. The number of hydrogen-bond donors (Lipinski definition) is 2. The first kappa shape index (κ1) is 8.89. The van der Waals surface area contributed by atoms with Crippen LogP contribution in [-0.2, 0) is 4.79 Å². The fraction of sp³-hybridized carbons (Fsp3) is 0.375. The summed E-state index contributed by atoms with van der Waals surface area (Å²) in [5.41, 5.74) is 0.837. The zero-order valence-corrected chi connectivity index (χ0v) is 7.42. The summed E-state index contributed by atoms with van der Waals surface area (Å²) in [6, 6.07) is -0.504. The van der Waals surface area contributed by atoms with Crippen LogP contribution in [0.25, 0.3) is 0 Å². The molecule has 1 unspecified atom stereocenters. The van der Waals surface area contributed by atoms with E-state index in [0.29, 0.717) is 13.2 Å². The second-order valence-electron chi connectivity index (χ2n) is 3.07. The molecule has 1 aromatic heterocycles. The molecule has 74 valence electrons. The Hall–Kier alpha value is -1.69. The zero-order valence-electron chi connectivity index (χ0n) is 7.42. The van der Waals surface area contributed by atoms with Gasteiger partial charge in [0.2, 0.25) is 0 Å². The molecule has 6 nitrogen and oxygen atoms in total. The number of hydrogen-bond acceptors (Lipinski definition) is 5. The molecule has 0 aromatic carbocycles. The first-order valence-corrected chi connectivity index (χ1v) is 4.23. The van der Waals surface area contributed by atoms with Crippen molar-refractivity contribution in [1.82, 2.24) is 15.3 Å². The number of carboxylic acids is 1. The van der Waals surface area contributed by atoms with Crippen LogP contribution in [0.5, 0.6) is 0 Å². The maximum atomic E-state index is 10.7. The van der Waals surface area contributed by atoms with Gasteiger partial charge in [-0.2, -0.15) is 0 Å². The fourth-order valence-corrected chi connectivity index (χ4v) is 1.39. The SMILES string of the molecule is O=C(O)C1CN(c2cncnc2)CN1. The van der Waals surface area contributed by atoms with Gasteiger partial charge in [0, 0.05) is 6.54 Å². The normalized spacial score (nSPS) is 21.1. The van der Waals surface area contributed by atoms with Crippen LogP contribution in [0.4, 0.5) is 5.69 Å². The number of nitrogens with zero attached hydrogens (tertiary/aromatic N) is 3. The molecule has 1 aromatic rings. The largest absolute Gasteiger partial charge is 0.480 e. The minimum Gasteiger partial charge on any atom is -0.480 e. The average Bonchev–Trinajstić information content (AvgIpc) is 2.68. The van der Waals surface area contributed by atoms with Crippen LogP contribution in [-0.4, -0.2) is 40.3 Å². The monoisotopic (exact) mass is 194 g/mol. The highest BCUT2D eigenvalue weighted by Crippen LogP contribution is 2.13. The highest BCUT2D eigenvalue weighted by atomic mass is 16.4. The van der Waals surface area contributed by atoms with E-state index in [2.05, 4.69) is 15.3 Å². The third-order valence-corrected chi connectivity index (χ3v) is 2.14. The van der Waals surface area contributed by atoms with Gasteiger partial charge in [-0.05, 0) is 0 Å². The lowest BCUT2D eigenvalue weighted by Gasteiger charge is -2.14. The molecule has 0 bridgehead atoms. The van der Waals surface area contributed by atoms with Gasteiger partial charge in [-0.25, -0.2) is 9.97 Å². The Balaban J connectivity index is 2.06. The second kappa shape index (κ2) is 3.59. The van der Waals surface area contributed by atoms with E-state index in [1.807, 2.05) is 4.90 Å². The summed E-state index contributed by atoms with van der Waals surface area (Å²) in [4.78, 5) is 20.3. The number of carbonyl (C=O) groups is 1. The van der Waals surface area contributed by atoms with Gasteiger partial charge in [0.25, 0.3) is 0 Å². The third-order valence-electron chi connectivity index (χ3n) is 2.14. The summed E-state index contributed by atoms with van der Waals surface area (Å²) in [5.74, 6) is -0.829. The number of rotatable bonds is 2. The molecular formula is C8H10N4O2. The fourth-order valence-electron chi connectivity index (χ4n) is 1.39. The number of nitrogens with one attached hydrogen (secondary N) is 1. The molecule has 0 radical (unpaired) electrons. The highest BCUT2D eigenvalue weighted by molar-refractivity contribution is 5.75. The number of carboxylic acid groups (broad SMARTS) is 1. The smallest absolute Gasteiger partial charge is 0.322 e. The number of anilines is 1. The predicted molar refractivity (Wildman–Crippen MR) is 48.8 cm³/mol. The van der Waals surface area contributed by atoms with Gasteiger partial charge in [0.15, 0.2) is 0 Å². The number of aromatic nitrogens is 2. The van der Waals surface area contributed by atoms with Gasteiger partial charge >= 0.3 is 5.97 Å². The molecule has 0 saturated carbocycles. The maximum absolute atomic E-state index is 10.7. The van der Waals surface area contributed by atoms with Crippen LogP contribution in [0, 0.1) is 0 Å². The van der Waals surface area contributed by atoms with Crippen molar-refractivity contribution in [1.29, 1.82) is 0 Å². The molecule has 6 heteroatoms. The summed E-state index contributed by atoms with van der Waals surface area (Å²) in [5, 5.41) is 11.6. The van der Waals surface area contributed by atoms with Crippen molar-refractivity contribution in [3.8, 4) is 0 Å². The predicted octanol–water partition coefficient (Wildman–Crippen LogP) is -0.703. The Morgan fingerprint density at radius 2 is 2.29 bits per heavy atom. The van der Waals surface area contributed by atoms with Crippen LogP contribution in [0.2, 0.25) is 0 Å². The van der Waals surface area contributed by atoms with E-state index in [-0.39, 0.29) is 0 Å². The summed E-state index contributed by atoms with van der Waals surface area (Å²) in [6.07, 6.45) is 4.78. The van der Waals surface area contributed by atoms with Gasteiger partial charge in [-0.15, -0.1) is 0 Å². The summed E-state index contributed by atoms with van der Waals surface area (Å²) < 4.78 is 0. The second-order valence-corrected chi connectivity index (χ2v) is 3.07. The molecule has 1 saturated heterocycles. The topological polar surface area (TPSA) is 78.3 Å². The van der Waals surface area contributed by atoms with Gasteiger partial charge in [0.05, 0.1) is 24.7 Å². The third kappa shape index (κ3) is 1.64. The first-order chi connectivity index (χ1) is 6.77. The molecule has 1 aliphatic rings. The Labute approximate surface area is 80.6 Å². The van der Waals surface area contributed by atoms with Gasteiger partial charge in [0.1, 0.15) is 12.4 Å². The van der Waals surface area contributed by atoms with Gasteiger partial charge < -0.3 is 10.0 Å². The van der Waals surface area contributed by atoms with Crippen LogP contribution in [0.1, 0.15) is 0 Å². The molecule has 1 fully saturated rings. The highest BCUT2D eigenvalue weighted by Gasteiger charge is 2.27. The Bertz CT molecular complexity index is 329. The number of aliphatic carboxylic acids is 1. The zero-order chi connectivity index (χ0) is 9.97. The van der Waals surface area contributed by atoms with Crippen molar-refractivity contribution >= 4 is 11.7 Å². The molecular weight excluding hydrogens is 184 g/mol.